The molecule has 1 heterocycles. The number of nitrogens with one attached hydrogen (secondary N) is 2. The second kappa shape index (κ2) is 8.45. The molecule has 0 unspecified atom stereocenters. The molecule has 7 heteroatoms. The molecule has 0 aliphatic rings. The lowest BCUT2D eigenvalue weighted by Crippen LogP contribution is -2.20. The molecule has 5 nitrogen and oxygen atoms in total. The number of carbonyl (C=O) groups excluding carboxylic acids is 2. The summed E-state index contributed by atoms with van der Waals surface area (Å²) in [5, 5.41) is 6.57. The maximum Gasteiger partial charge on any atom is 0.240 e. The Morgan fingerprint density at radius 3 is 2.50 bits per heavy atom. The van der Waals surface area contributed by atoms with E-state index in [2.05, 4.69) is 31.8 Å². The molecule has 0 aliphatic carbocycles. The molecular formula is C15H14BrN3O2S. The topological polar surface area (TPSA) is 70.6 Å². The zero-order valence-electron chi connectivity index (χ0n) is 11.6. The van der Waals surface area contributed by atoms with Gasteiger partial charge in [-0.1, -0.05) is 18.2 Å². The third-order valence-corrected chi connectivity index (χ3v) is 4.17. The van der Waals surface area contributed by atoms with Crippen LogP contribution in [0.2, 0.25) is 0 Å². The van der Waals surface area contributed by atoms with Gasteiger partial charge in [-0.2, -0.15) is 5.10 Å². The van der Waals surface area contributed by atoms with Crippen LogP contribution in [0.3, 0.4) is 0 Å². The molecule has 1 aromatic carbocycles. The van der Waals surface area contributed by atoms with E-state index in [1.54, 1.807) is 18.3 Å². The van der Waals surface area contributed by atoms with Crippen molar-refractivity contribution in [2.24, 2.45) is 5.10 Å². The summed E-state index contributed by atoms with van der Waals surface area (Å²) in [5.41, 5.74) is 3.12. The molecule has 2 aromatic rings. The second-order valence-electron chi connectivity index (χ2n) is 4.35. The molecule has 0 spiro atoms. The van der Waals surface area contributed by atoms with Crippen LogP contribution in [0.25, 0.3) is 0 Å². The normalized spacial score (nSPS) is 10.6. The number of hydrogen-bond donors (Lipinski definition) is 2. The zero-order valence-corrected chi connectivity index (χ0v) is 14.0. The number of anilines is 1. The summed E-state index contributed by atoms with van der Waals surface area (Å²) >= 11 is 4.86. The van der Waals surface area contributed by atoms with Crippen molar-refractivity contribution in [1.29, 1.82) is 0 Å². The summed E-state index contributed by atoms with van der Waals surface area (Å²) in [5.74, 6) is -0.498. The van der Waals surface area contributed by atoms with Gasteiger partial charge in [0.15, 0.2) is 0 Å². The van der Waals surface area contributed by atoms with Gasteiger partial charge in [0.1, 0.15) is 0 Å². The lowest BCUT2D eigenvalue weighted by molar-refractivity contribution is -0.124. The monoisotopic (exact) mass is 379 g/mol. The van der Waals surface area contributed by atoms with Crippen molar-refractivity contribution in [2.75, 3.05) is 5.32 Å². The fourth-order valence-electron chi connectivity index (χ4n) is 1.59. The van der Waals surface area contributed by atoms with Crippen LogP contribution in [-0.4, -0.2) is 18.0 Å². The van der Waals surface area contributed by atoms with E-state index >= 15 is 0 Å². The maximum atomic E-state index is 11.7. The number of hydrazone groups is 1. The predicted octanol–water partition coefficient (Wildman–Crippen LogP) is 3.38. The maximum absolute atomic E-state index is 11.7. The first-order valence-corrected chi connectivity index (χ1v) is 8.16. The van der Waals surface area contributed by atoms with Crippen LogP contribution in [0, 0.1) is 0 Å². The minimum Gasteiger partial charge on any atom is -0.326 e. The summed E-state index contributed by atoms with van der Waals surface area (Å²) in [7, 11) is 0. The Morgan fingerprint density at radius 2 is 1.82 bits per heavy atom. The minimum atomic E-state index is -0.296. The third-order valence-electron chi connectivity index (χ3n) is 2.61. The molecule has 0 radical (unpaired) electrons. The van der Waals surface area contributed by atoms with Crippen molar-refractivity contribution in [3.05, 3.63) is 51.1 Å². The van der Waals surface area contributed by atoms with Gasteiger partial charge in [-0.05, 0) is 40.2 Å². The van der Waals surface area contributed by atoms with Gasteiger partial charge in [-0.15, -0.1) is 11.3 Å². The smallest absolute Gasteiger partial charge is 0.240 e. The van der Waals surface area contributed by atoms with Crippen molar-refractivity contribution in [1.82, 2.24) is 5.43 Å². The van der Waals surface area contributed by atoms with Crippen molar-refractivity contribution in [3.8, 4) is 0 Å². The molecule has 0 aliphatic heterocycles. The molecule has 0 saturated carbocycles. The van der Waals surface area contributed by atoms with E-state index < -0.39 is 0 Å². The highest BCUT2D eigenvalue weighted by molar-refractivity contribution is 9.11. The SMILES string of the molecule is O=C(CCC(=O)Nc1ccccc1)N/N=C/c1ccc(Br)s1. The lowest BCUT2D eigenvalue weighted by atomic mass is 10.2. The number of amides is 2. The van der Waals surface area contributed by atoms with Crippen LogP contribution >= 0.6 is 27.3 Å². The van der Waals surface area contributed by atoms with Crippen molar-refractivity contribution < 1.29 is 9.59 Å². The molecule has 2 N–H and O–H groups in total. The molecule has 2 rings (SSSR count). The first-order valence-electron chi connectivity index (χ1n) is 6.55. The summed E-state index contributed by atoms with van der Waals surface area (Å²) in [4.78, 5) is 24.2. The van der Waals surface area contributed by atoms with E-state index in [0.717, 1.165) is 8.66 Å². The Bertz CT molecular complexity index is 670. The Hall–Kier alpha value is -1.99. The Balaban J connectivity index is 1.69. The van der Waals surface area contributed by atoms with Crippen molar-refractivity contribution in [2.45, 2.75) is 12.8 Å². The van der Waals surface area contributed by atoms with E-state index in [0.29, 0.717) is 5.69 Å². The quantitative estimate of drug-likeness (QED) is 0.596. The summed E-state index contributed by atoms with van der Waals surface area (Å²) in [6, 6.07) is 12.9. The van der Waals surface area contributed by atoms with E-state index in [1.807, 2.05) is 30.3 Å². The standard InChI is InChI=1S/C15H14BrN3O2S/c16-13-7-6-12(22-13)10-17-19-15(21)9-8-14(20)18-11-4-2-1-3-5-11/h1-7,10H,8-9H2,(H,18,20)(H,19,21)/b17-10+. The van der Waals surface area contributed by atoms with E-state index in [9.17, 15) is 9.59 Å². The molecule has 22 heavy (non-hydrogen) atoms. The molecule has 1 aromatic heterocycles. The first-order chi connectivity index (χ1) is 10.6. The Morgan fingerprint density at radius 1 is 1.09 bits per heavy atom. The highest BCUT2D eigenvalue weighted by atomic mass is 79.9. The van der Waals surface area contributed by atoms with E-state index in [1.165, 1.54) is 11.3 Å². The number of carbonyl (C=O) groups is 2. The first kappa shape index (κ1) is 16.4. The van der Waals surface area contributed by atoms with Gasteiger partial charge in [0, 0.05) is 23.4 Å². The largest absolute Gasteiger partial charge is 0.326 e. The van der Waals surface area contributed by atoms with Gasteiger partial charge in [0.25, 0.3) is 0 Å². The fourth-order valence-corrected chi connectivity index (χ4v) is 2.89. The molecule has 0 fully saturated rings. The average Bonchev–Trinajstić information content (AvgIpc) is 2.92. The molecule has 0 bridgehead atoms. The molecule has 0 atom stereocenters. The van der Waals surface area contributed by atoms with Gasteiger partial charge in [-0.3, -0.25) is 9.59 Å². The number of para-hydroxylation sites is 1. The number of halogens is 1. The van der Waals surface area contributed by atoms with Crippen molar-refractivity contribution in [3.63, 3.8) is 0 Å². The van der Waals surface area contributed by atoms with Gasteiger partial charge in [0.2, 0.25) is 11.8 Å². The third kappa shape index (κ3) is 5.79. The summed E-state index contributed by atoms with van der Waals surface area (Å²) in [6.45, 7) is 0. The zero-order chi connectivity index (χ0) is 15.8. The van der Waals surface area contributed by atoms with Crippen LogP contribution in [-0.2, 0) is 9.59 Å². The Kier molecular flexibility index (Phi) is 6.29. The van der Waals surface area contributed by atoms with E-state index in [-0.39, 0.29) is 24.7 Å². The van der Waals surface area contributed by atoms with Crippen LogP contribution in [0.1, 0.15) is 17.7 Å². The molecule has 0 saturated heterocycles. The summed E-state index contributed by atoms with van der Waals surface area (Å²) < 4.78 is 0.998. The average molecular weight is 380 g/mol. The Labute approximate surface area is 140 Å². The van der Waals surface area contributed by atoms with Gasteiger partial charge in [-0.25, -0.2) is 5.43 Å². The predicted molar refractivity (Wildman–Crippen MR) is 92.1 cm³/mol. The van der Waals surface area contributed by atoms with Crippen LogP contribution in [0.5, 0.6) is 0 Å². The van der Waals surface area contributed by atoms with Crippen LogP contribution in [0.15, 0.2) is 51.4 Å². The molecular weight excluding hydrogens is 366 g/mol. The van der Waals surface area contributed by atoms with Gasteiger partial charge < -0.3 is 5.32 Å². The van der Waals surface area contributed by atoms with Gasteiger partial charge in [0.05, 0.1) is 10.0 Å². The van der Waals surface area contributed by atoms with Gasteiger partial charge >= 0.3 is 0 Å². The number of hydrogen-bond acceptors (Lipinski definition) is 4. The highest BCUT2D eigenvalue weighted by Crippen LogP contribution is 2.20. The highest BCUT2D eigenvalue weighted by Gasteiger charge is 2.06. The minimum absolute atomic E-state index is 0.0874. The van der Waals surface area contributed by atoms with Crippen LogP contribution in [0.4, 0.5) is 5.69 Å². The number of nitrogens with zero attached hydrogens (tertiary/aromatic N) is 1. The van der Waals surface area contributed by atoms with E-state index in [4.69, 9.17) is 0 Å². The fraction of sp³-hybridized carbons (Fsp3) is 0.133. The second-order valence-corrected chi connectivity index (χ2v) is 6.84. The number of rotatable bonds is 6. The number of benzene rings is 1. The van der Waals surface area contributed by atoms with Crippen LogP contribution < -0.4 is 10.7 Å². The molecule has 2 amide bonds. The lowest BCUT2D eigenvalue weighted by Gasteiger charge is -2.04. The molecule has 114 valence electrons. The van der Waals surface area contributed by atoms with Crippen molar-refractivity contribution >= 4 is 51.0 Å². The number of thiophene rings is 1. The summed E-state index contributed by atoms with van der Waals surface area (Å²) in [6.07, 6.45) is 1.77.